The van der Waals surface area contributed by atoms with Crippen LogP contribution in [-0.2, 0) is 11.3 Å². The third-order valence-electron chi connectivity index (χ3n) is 1.90. The third kappa shape index (κ3) is 4.37. The van der Waals surface area contributed by atoms with Gasteiger partial charge in [-0.2, -0.15) is 0 Å². The third-order valence-corrected chi connectivity index (χ3v) is 1.90. The molecule has 1 aromatic rings. The normalized spacial score (nSPS) is 10.0. The number of carbonyl (C=O) groups is 1. The summed E-state index contributed by atoms with van der Waals surface area (Å²) in [4.78, 5) is 15.3. The van der Waals surface area contributed by atoms with Gasteiger partial charge in [-0.15, -0.1) is 0 Å². The Kier molecular flexibility index (Phi) is 4.73. The zero-order valence-corrected chi connectivity index (χ0v) is 9.02. The molecule has 0 aromatic carbocycles. The van der Waals surface area contributed by atoms with Gasteiger partial charge in [0.15, 0.2) is 0 Å². The first-order valence-corrected chi connectivity index (χ1v) is 4.88. The number of aromatic nitrogens is 1. The highest BCUT2D eigenvalue weighted by Gasteiger charge is 1.95. The van der Waals surface area contributed by atoms with Gasteiger partial charge in [0.1, 0.15) is 0 Å². The van der Waals surface area contributed by atoms with Gasteiger partial charge in [0.25, 0.3) is 0 Å². The lowest BCUT2D eigenvalue weighted by molar-refractivity contribution is -0.116. The first-order valence-electron chi connectivity index (χ1n) is 4.88. The molecule has 1 aromatic heterocycles. The number of amides is 1. The van der Waals surface area contributed by atoms with Crippen molar-refractivity contribution in [3.05, 3.63) is 67.0 Å². The van der Waals surface area contributed by atoms with Gasteiger partial charge in [0.2, 0.25) is 5.91 Å². The number of pyridine rings is 1. The summed E-state index contributed by atoms with van der Waals surface area (Å²) in [5.41, 5.74) is 1.67. The molecule has 1 rings (SSSR count). The fourth-order valence-electron chi connectivity index (χ4n) is 1.00. The number of hydrogen-bond donors (Lipinski definition) is 1. The standard InChI is InChI=1S/C13H14N2O/c1-3-11(2)6-7-13(16)15-10-12-5-4-8-14-9-12/h3-9H,1-2,10H2,(H,15,16)/b7-6+. The molecule has 3 nitrogen and oxygen atoms in total. The molecular weight excluding hydrogens is 200 g/mol. The number of hydrogen-bond acceptors (Lipinski definition) is 2. The molecule has 1 heterocycles. The highest BCUT2D eigenvalue weighted by atomic mass is 16.1. The summed E-state index contributed by atoms with van der Waals surface area (Å²) in [7, 11) is 0. The van der Waals surface area contributed by atoms with Crippen LogP contribution < -0.4 is 5.32 Å². The van der Waals surface area contributed by atoms with E-state index >= 15 is 0 Å². The number of allylic oxidation sites excluding steroid dienone is 3. The monoisotopic (exact) mass is 214 g/mol. The van der Waals surface area contributed by atoms with E-state index in [0.29, 0.717) is 12.1 Å². The number of nitrogens with zero attached hydrogens (tertiary/aromatic N) is 1. The minimum atomic E-state index is -0.160. The van der Waals surface area contributed by atoms with Crippen LogP contribution in [0.3, 0.4) is 0 Å². The Labute approximate surface area is 95.2 Å². The Bertz CT molecular complexity index is 407. The van der Waals surface area contributed by atoms with Crippen molar-refractivity contribution in [3.8, 4) is 0 Å². The van der Waals surface area contributed by atoms with Gasteiger partial charge < -0.3 is 5.32 Å². The van der Waals surface area contributed by atoms with Crippen molar-refractivity contribution < 1.29 is 4.79 Å². The molecule has 3 heteroatoms. The zero-order chi connectivity index (χ0) is 11.8. The average Bonchev–Trinajstić information content (AvgIpc) is 2.34. The van der Waals surface area contributed by atoms with E-state index in [-0.39, 0.29) is 5.91 Å². The second-order valence-corrected chi connectivity index (χ2v) is 3.19. The molecule has 0 saturated heterocycles. The first kappa shape index (κ1) is 11.9. The van der Waals surface area contributed by atoms with Crippen LogP contribution in [0, 0.1) is 0 Å². The van der Waals surface area contributed by atoms with Gasteiger partial charge in [-0.05, 0) is 17.2 Å². The van der Waals surface area contributed by atoms with Crippen LogP contribution in [0.4, 0.5) is 0 Å². The van der Waals surface area contributed by atoms with Crippen molar-refractivity contribution in [3.63, 3.8) is 0 Å². The lowest BCUT2D eigenvalue weighted by Crippen LogP contribution is -2.20. The van der Waals surface area contributed by atoms with E-state index in [9.17, 15) is 4.79 Å². The molecule has 0 unspecified atom stereocenters. The molecule has 0 spiro atoms. The Morgan fingerprint density at radius 3 is 2.94 bits per heavy atom. The van der Waals surface area contributed by atoms with E-state index in [1.807, 2.05) is 12.1 Å². The molecule has 0 aliphatic heterocycles. The van der Waals surface area contributed by atoms with Crippen LogP contribution in [0.15, 0.2) is 61.5 Å². The van der Waals surface area contributed by atoms with Gasteiger partial charge in [0.05, 0.1) is 0 Å². The summed E-state index contributed by atoms with van der Waals surface area (Å²) in [6.07, 6.45) is 8.04. The van der Waals surface area contributed by atoms with Gasteiger partial charge in [0, 0.05) is 25.0 Å². The van der Waals surface area contributed by atoms with E-state index in [4.69, 9.17) is 0 Å². The molecule has 0 atom stereocenters. The summed E-state index contributed by atoms with van der Waals surface area (Å²) in [5, 5.41) is 2.74. The van der Waals surface area contributed by atoms with E-state index in [1.165, 1.54) is 6.08 Å². The molecule has 16 heavy (non-hydrogen) atoms. The second kappa shape index (κ2) is 6.35. The number of rotatable bonds is 5. The number of nitrogens with one attached hydrogen (secondary N) is 1. The summed E-state index contributed by atoms with van der Waals surface area (Å²) in [6, 6.07) is 3.73. The zero-order valence-electron chi connectivity index (χ0n) is 9.02. The first-order chi connectivity index (χ1) is 7.72. The van der Waals surface area contributed by atoms with E-state index in [2.05, 4.69) is 23.5 Å². The Morgan fingerprint density at radius 1 is 1.50 bits per heavy atom. The van der Waals surface area contributed by atoms with Gasteiger partial charge in [-0.3, -0.25) is 9.78 Å². The number of carbonyl (C=O) groups excluding carboxylic acids is 1. The molecule has 0 aliphatic rings. The predicted octanol–water partition coefficient (Wildman–Crippen LogP) is 2.00. The molecule has 0 radical (unpaired) electrons. The summed E-state index contributed by atoms with van der Waals surface area (Å²) in [6.45, 7) is 7.68. The molecule has 0 aliphatic carbocycles. The topological polar surface area (TPSA) is 42.0 Å². The van der Waals surface area contributed by atoms with Gasteiger partial charge >= 0.3 is 0 Å². The predicted molar refractivity (Wildman–Crippen MR) is 64.6 cm³/mol. The molecular formula is C13H14N2O. The lowest BCUT2D eigenvalue weighted by atomic mass is 10.2. The lowest BCUT2D eigenvalue weighted by Gasteiger charge is -2.01. The summed E-state index contributed by atoms with van der Waals surface area (Å²) in [5.74, 6) is -0.160. The quantitative estimate of drug-likeness (QED) is 0.601. The van der Waals surface area contributed by atoms with Crippen molar-refractivity contribution in [1.82, 2.24) is 10.3 Å². The van der Waals surface area contributed by atoms with Crippen LogP contribution in [0.2, 0.25) is 0 Å². The minimum absolute atomic E-state index is 0.160. The summed E-state index contributed by atoms with van der Waals surface area (Å²) < 4.78 is 0. The molecule has 1 N–H and O–H groups in total. The maximum atomic E-state index is 11.3. The van der Waals surface area contributed by atoms with Gasteiger partial charge in [-0.25, -0.2) is 0 Å². The summed E-state index contributed by atoms with van der Waals surface area (Å²) >= 11 is 0. The second-order valence-electron chi connectivity index (χ2n) is 3.19. The van der Waals surface area contributed by atoms with E-state index in [1.54, 1.807) is 24.5 Å². The molecule has 0 bridgehead atoms. The van der Waals surface area contributed by atoms with Crippen molar-refractivity contribution in [1.29, 1.82) is 0 Å². The van der Waals surface area contributed by atoms with Crippen LogP contribution in [0.5, 0.6) is 0 Å². The van der Waals surface area contributed by atoms with Crippen LogP contribution in [-0.4, -0.2) is 10.9 Å². The van der Waals surface area contributed by atoms with Crippen LogP contribution >= 0.6 is 0 Å². The van der Waals surface area contributed by atoms with Crippen molar-refractivity contribution >= 4 is 5.91 Å². The largest absolute Gasteiger partial charge is 0.348 e. The van der Waals surface area contributed by atoms with Crippen LogP contribution in [0.25, 0.3) is 0 Å². The molecule has 0 fully saturated rings. The SMILES string of the molecule is C=CC(=C)/C=C/C(=O)NCc1cccnc1. The fourth-order valence-corrected chi connectivity index (χ4v) is 1.00. The van der Waals surface area contributed by atoms with Crippen molar-refractivity contribution in [2.45, 2.75) is 6.54 Å². The molecule has 1 amide bonds. The maximum absolute atomic E-state index is 11.3. The highest BCUT2D eigenvalue weighted by molar-refractivity contribution is 5.87. The smallest absolute Gasteiger partial charge is 0.244 e. The molecule has 82 valence electrons. The molecule has 0 saturated carbocycles. The Morgan fingerprint density at radius 2 is 2.31 bits per heavy atom. The Hall–Kier alpha value is -2.16. The van der Waals surface area contributed by atoms with E-state index < -0.39 is 0 Å². The van der Waals surface area contributed by atoms with Gasteiger partial charge in [-0.1, -0.05) is 31.4 Å². The average molecular weight is 214 g/mol. The Balaban J connectivity index is 2.39. The van der Waals surface area contributed by atoms with Crippen molar-refractivity contribution in [2.75, 3.05) is 0 Å². The van der Waals surface area contributed by atoms with E-state index in [0.717, 1.165) is 5.56 Å². The van der Waals surface area contributed by atoms with Crippen LogP contribution in [0.1, 0.15) is 5.56 Å². The maximum Gasteiger partial charge on any atom is 0.244 e. The fraction of sp³-hybridized carbons (Fsp3) is 0.0769. The van der Waals surface area contributed by atoms with Crippen molar-refractivity contribution in [2.24, 2.45) is 0 Å². The highest BCUT2D eigenvalue weighted by Crippen LogP contribution is 1.95. The minimum Gasteiger partial charge on any atom is -0.348 e.